The summed E-state index contributed by atoms with van der Waals surface area (Å²) in [6.45, 7) is 2.24. The van der Waals surface area contributed by atoms with Gasteiger partial charge in [0.05, 0.1) is 0 Å². The average Bonchev–Trinajstić information content (AvgIpc) is 1.92. The van der Waals surface area contributed by atoms with Gasteiger partial charge in [-0.1, -0.05) is 31.5 Å². The lowest BCUT2D eigenvalue weighted by atomic mass is 9.84. The molecule has 0 bridgehead atoms. The highest BCUT2D eigenvalue weighted by Gasteiger charge is 2.14. The zero-order chi connectivity index (χ0) is 6.97. The summed E-state index contributed by atoms with van der Waals surface area (Å²) in [5.41, 5.74) is 4.60. The van der Waals surface area contributed by atoms with Crippen molar-refractivity contribution in [2.24, 2.45) is 0 Å². The summed E-state index contributed by atoms with van der Waals surface area (Å²) in [6.07, 6.45) is 3.94. The molecule has 2 aliphatic carbocycles. The molecule has 0 heterocycles. The van der Waals surface area contributed by atoms with Gasteiger partial charge in [-0.25, -0.2) is 0 Å². The summed E-state index contributed by atoms with van der Waals surface area (Å²) in [5, 5.41) is 0. The summed E-state index contributed by atoms with van der Waals surface area (Å²) >= 11 is 0. The fourth-order valence-electron chi connectivity index (χ4n) is 1.44. The normalized spacial score (nSPS) is 10.6. The SMILES string of the molecule is CCCCc1cc2ccc1-2.S. The quantitative estimate of drug-likeness (QED) is 0.657. The lowest BCUT2D eigenvalue weighted by Crippen LogP contribution is -1.99. The van der Waals surface area contributed by atoms with Crippen molar-refractivity contribution >= 4 is 13.5 Å². The second-order valence-electron chi connectivity index (χ2n) is 2.98. The first-order valence-corrected chi connectivity index (χ1v) is 4.05. The van der Waals surface area contributed by atoms with Crippen molar-refractivity contribution in [1.29, 1.82) is 0 Å². The molecule has 0 spiro atoms. The van der Waals surface area contributed by atoms with Crippen molar-refractivity contribution in [3.63, 3.8) is 0 Å². The number of unbranched alkanes of at least 4 members (excludes halogenated alkanes) is 1. The lowest BCUT2D eigenvalue weighted by Gasteiger charge is -2.20. The van der Waals surface area contributed by atoms with E-state index in [-0.39, 0.29) is 13.5 Å². The van der Waals surface area contributed by atoms with Gasteiger partial charge in [-0.05, 0) is 29.5 Å². The second-order valence-corrected chi connectivity index (χ2v) is 2.98. The Morgan fingerprint density at radius 3 is 2.45 bits per heavy atom. The molecule has 0 saturated carbocycles. The molecule has 60 valence electrons. The summed E-state index contributed by atoms with van der Waals surface area (Å²) in [7, 11) is 0. The number of rotatable bonds is 3. The molecule has 0 amide bonds. The molecule has 0 atom stereocenters. The smallest absolute Gasteiger partial charge is 0.0151 e. The molecular formula is C10H14S. The topological polar surface area (TPSA) is 0 Å². The van der Waals surface area contributed by atoms with Crippen LogP contribution in [0.4, 0.5) is 0 Å². The van der Waals surface area contributed by atoms with Gasteiger partial charge in [-0.2, -0.15) is 13.5 Å². The largest absolute Gasteiger partial charge is 0.197 e. The number of fused-ring (bicyclic) bond motifs is 1. The van der Waals surface area contributed by atoms with E-state index >= 15 is 0 Å². The van der Waals surface area contributed by atoms with E-state index in [2.05, 4.69) is 25.1 Å². The minimum Gasteiger partial charge on any atom is -0.197 e. The zero-order valence-corrected chi connectivity index (χ0v) is 7.85. The molecule has 1 heteroatoms. The maximum absolute atomic E-state index is 2.31. The van der Waals surface area contributed by atoms with Gasteiger partial charge in [0, 0.05) is 0 Å². The van der Waals surface area contributed by atoms with Crippen LogP contribution in [0.1, 0.15) is 25.3 Å². The van der Waals surface area contributed by atoms with Crippen LogP contribution in [0.5, 0.6) is 0 Å². The molecule has 0 aromatic rings. The number of hydrogen-bond acceptors (Lipinski definition) is 0. The molecule has 0 nitrogen and oxygen atoms in total. The zero-order valence-electron chi connectivity index (χ0n) is 6.85. The molecule has 0 radical (unpaired) electrons. The molecule has 0 unspecified atom stereocenters. The highest BCUT2D eigenvalue weighted by Crippen LogP contribution is 2.37. The number of hydrogen-bond donors (Lipinski definition) is 0. The molecule has 0 aromatic heterocycles. The third kappa shape index (κ3) is 1.30. The first kappa shape index (κ1) is 8.66. The van der Waals surface area contributed by atoms with Gasteiger partial charge in [-0.15, -0.1) is 0 Å². The van der Waals surface area contributed by atoms with Crippen molar-refractivity contribution in [1.82, 2.24) is 0 Å². The predicted molar refractivity (Wildman–Crippen MR) is 54.4 cm³/mol. The van der Waals surface area contributed by atoms with Crippen LogP contribution < -0.4 is 0 Å². The second kappa shape index (κ2) is 3.31. The predicted octanol–water partition coefficient (Wildman–Crippen LogP) is 3.12. The van der Waals surface area contributed by atoms with Crippen LogP contribution in [-0.2, 0) is 6.42 Å². The van der Waals surface area contributed by atoms with Crippen molar-refractivity contribution in [2.75, 3.05) is 0 Å². The summed E-state index contributed by atoms with van der Waals surface area (Å²) in [6, 6.07) is 6.72. The summed E-state index contributed by atoms with van der Waals surface area (Å²) < 4.78 is 0. The Kier molecular flexibility index (Phi) is 2.61. The van der Waals surface area contributed by atoms with Gasteiger partial charge < -0.3 is 0 Å². The third-order valence-electron chi connectivity index (χ3n) is 2.22. The van der Waals surface area contributed by atoms with E-state index in [4.69, 9.17) is 0 Å². The van der Waals surface area contributed by atoms with Gasteiger partial charge in [0.25, 0.3) is 0 Å². The standard InChI is InChI=1S/C10H12.H2S/c1-2-3-4-8-7-9-5-6-10(8)9;/h5-7H,2-4H2,1H3;1H2. The Bertz CT molecular complexity index is 253. The monoisotopic (exact) mass is 166 g/mol. The van der Waals surface area contributed by atoms with E-state index in [0.717, 1.165) is 0 Å². The van der Waals surface area contributed by atoms with Crippen molar-refractivity contribution < 1.29 is 0 Å². The maximum Gasteiger partial charge on any atom is -0.0151 e. The Labute approximate surface area is 75.1 Å². The number of benzene rings is 1. The molecule has 0 N–H and O–H groups in total. The molecule has 0 fully saturated rings. The van der Waals surface area contributed by atoms with Gasteiger partial charge >= 0.3 is 0 Å². The minimum absolute atomic E-state index is 0. The van der Waals surface area contributed by atoms with Crippen LogP contribution >= 0.6 is 13.5 Å². The van der Waals surface area contributed by atoms with E-state index < -0.39 is 0 Å². The van der Waals surface area contributed by atoms with E-state index in [0.29, 0.717) is 0 Å². The lowest BCUT2D eigenvalue weighted by molar-refractivity contribution is 0.792. The molecule has 0 aromatic carbocycles. The highest BCUT2D eigenvalue weighted by molar-refractivity contribution is 7.59. The fraction of sp³-hybridized carbons (Fsp3) is 0.400. The van der Waals surface area contributed by atoms with Crippen LogP contribution in [0.25, 0.3) is 11.1 Å². The van der Waals surface area contributed by atoms with Crippen LogP contribution in [0.2, 0.25) is 0 Å². The molecule has 0 aliphatic heterocycles. The van der Waals surface area contributed by atoms with Gasteiger partial charge in [0.2, 0.25) is 0 Å². The van der Waals surface area contributed by atoms with E-state index in [1.165, 1.54) is 30.4 Å². The van der Waals surface area contributed by atoms with Gasteiger partial charge in [0.1, 0.15) is 0 Å². The van der Waals surface area contributed by atoms with Crippen LogP contribution in [0.15, 0.2) is 18.2 Å². The summed E-state index contributed by atoms with van der Waals surface area (Å²) in [4.78, 5) is 0. The molecule has 2 rings (SSSR count). The molecular weight excluding hydrogens is 152 g/mol. The molecule has 11 heavy (non-hydrogen) atoms. The highest BCUT2D eigenvalue weighted by atomic mass is 32.1. The van der Waals surface area contributed by atoms with Crippen LogP contribution in [0, 0.1) is 0 Å². The third-order valence-corrected chi connectivity index (χ3v) is 2.22. The molecule has 0 saturated heterocycles. The fourth-order valence-corrected chi connectivity index (χ4v) is 1.44. The first-order valence-electron chi connectivity index (χ1n) is 4.05. The van der Waals surface area contributed by atoms with Crippen LogP contribution in [0.3, 0.4) is 0 Å². The summed E-state index contributed by atoms with van der Waals surface area (Å²) in [5.74, 6) is 0. The number of aryl methyl sites for hydroxylation is 1. The Morgan fingerprint density at radius 2 is 2.09 bits per heavy atom. The van der Waals surface area contributed by atoms with E-state index in [1.54, 1.807) is 5.56 Å². The molecule has 2 aliphatic rings. The van der Waals surface area contributed by atoms with Gasteiger partial charge in [-0.3, -0.25) is 0 Å². The van der Waals surface area contributed by atoms with Crippen LogP contribution in [-0.4, -0.2) is 0 Å². The first-order chi connectivity index (χ1) is 4.92. The van der Waals surface area contributed by atoms with Gasteiger partial charge in [0.15, 0.2) is 0 Å². The maximum atomic E-state index is 2.31. The Hall–Kier alpha value is -0.430. The average molecular weight is 166 g/mol. The van der Waals surface area contributed by atoms with E-state index in [9.17, 15) is 0 Å². The minimum atomic E-state index is 0. The van der Waals surface area contributed by atoms with Crippen molar-refractivity contribution in [2.45, 2.75) is 26.2 Å². The van der Waals surface area contributed by atoms with Crippen molar-refractivity contribution in [3.8, 4) is 11.1 Å². The Balaban J connectivity index is 0.000000605. The Morgan fingerprint density at radius 1 is 1.27 bits per heavy atom. The van der Waals surface area contributed by atoms with E-state index in [1.807, 2.05) is 0 Å². The van der Waals surface area contributed by atoms with Crippen molar-refractivity contribution in [3.05, 3.63) is 23.8 Å².